The van der Waals surface area contributed by atoms with Gasteiger partial charge < -0.3 is 10.1 Å². The van der Waals surface area contributed by atoms with Gasteiger partial charge in [0.15, 0.2) is 12.4 Å². The number of nitrogens with one attached hydrogen (secondary N) is 1. The van der Waals surface area contributed by atoms with Crippen LogP contribution in [0.15, 0.2) is 24.3 Å². The number of Topliss-reactive ketones (excluding diaryl/α,β-unsaturated/α-hetero) is 1. The first-order valence-corrected chi connectivity index (χ1v) is 9.41. The fraction of sp³-hybridized carbons (Fsp3) is 0.235. The summed E-state index contributed by atoms with van der Waals surface area (Å²) in [5.74, 6) is -1.39. The van der Waals surface area contributed by atoms with Gasteiger partial charge in [0.25, 0.3) is 5.91 Å². The molecule has 1 heterocycles. The van der Waals surface area contributed by atoms with Gasteiger partial charge >= 0.3 is 5.97 Å². The number of halogens is 3. The summed E-state index contributed by atoms with van der Waals surface area (Å²) in [6, 6.07) is 6.41. The Bertz CT molecular complexity index is 827. The van der Waals surface area contributed by atoms with Crippen molar-refractivity contribution >= 4 is 69.5 Å². The Hall–Kier alpha value is -1.60. The smallest absolute Gasteiger partial charge is 0.306 e. The summed E-state index contributed by atoms with van der Waals surface area (Å²) in [4.78, 5) is 37.1. The van der Waals surface area contributed by atoms with E-state index in [1.54, 1.807) is 6.07 Å². The SMILES string of the molecule is Cc1ccc(C(=O)CCC(=O)OCC(=O)Nc2c(Cl)cc(Cl)cc2Cl)s1. The van der Waals surface area contributed by atoms with E-state index in [0.29, 0.717) is 9.90 Å². The van der Waals surface area contributed by atoms with E-state index < -0.39 is 18.5 Å². The summed E-state index contributed by atoms with van der Waals surface area (Å²) in [5.41, 5.74) is 0.182. The molecule has 0 aliphatic carbocycles. The molecule has 2 aromatic rings. The summed E-state index contributed by atoms with van der Waals surface area (Å²) in [6.45, 7) is 1.38. The Morgan fingerprint density at radius 2 is 1.73 bits per heavy atom. The second-order valence-corrected chi connectivity index (χ2v) is 7.83. The molecule has 0 saturated carbocycles. The van der Waals surface area contributed by atoms with Crippen molar-refractivity contribution in [3.8, 4) is 0 Å². The first kappa shape index (κ1) is 20.7. The van der Waals surface area contributed by atoms with Gasteiger partial charge in [0.05, 0.1) is 27.0 Å². The molecule has 1 amide bonds. The van der Waals surface area contributed by atoms with Crippen molar-refractivity contribution in [2.75, 3.05) is 11.9 Å². The normalized spacial score (nSPS) is 10.5. The van der Waals surface area contributed by atoms with E-state index in [1.807, 2.05) is 13.0 Å². The Kier molecular flexibility index (Phi) is 7.46. The predicted molar refractivity (Wildman–Crippen MR) is 104 cm³/mol. The summed E-state index contributed by atoms with van der Waals surface area (Å²) >= 11 is 19.1. The molecular weight excluding hydrogens is 421 g/mol. The number of carbonyl (C=O) groups excluding carboxylic acids is 3. The van der Waals surface area contributed by atoms with Crippen molar-refractivity contribution in [3.63, 3.8) is 0 Å². The first-order valence-electron chi connectivity index (χ1n) is 7.46. The van der Waals surface area contributed by atoms with Crippen molar-refractivity contribution < 1.29 is 19.1 Å². The molecule has 26 heavy (non-hydrogen) atoms. The molecule has 5 nitrogen and oxygen atoms in total. The van der Waals surface area contributed by atoms with E-state index in [-0.39, 0.29) is 34.4 Å². The van der Waals surface area contributed by atoms with E-state index in [2.05, 4.69) is 5.32 Å². The highest BCUT2D eigenvalue weighted by Crippen LogP contribution is 2.33. The summed E-state index contributed by atoms with van der Waals surface area (Å²) in [6.07, 6.45) is -0.0826. The number of rotatable bonds is 7. The fourth-order valence-electron chi connectivity index (χ4n) is 1.98. The van der Waals surface area contributed by atoms with E-state index in [1.165, 1.54) is 23.5 Å². The number of thiophene rings is 1. The van der Waals surface area contributed by atoms with Crippen molar-refractivity contribution in [1.29, 1.82) is 0 Å². The molecule has 2 rings (SSSR count). The lowest BCUT2D eigenvalue weighted by Crippen LogP contribution is -2.21. The van der Waals surface area contributed by atoms with E-state index in [9.17, 15) is 14.4 Å². The molecule has 0 atom stereocenters. The standard InChI is InChI=1S/C17H14Cl3NO4S/c1-9-2-4-14(26-9)13(22)3-5-16(24)25-8-15(23)21-17-11(19)6-10(18)7-12(17)20/h2,4,6-7H,3,5,8H2,1H3,(H,21,23). The van der Waals surface area contributed by atoms with Crippen LogP contribution < -0.4 is 5.32 Å². The number of hydrogen-bond acceptors (Lipinski definition) is 5. The van der Waals surface area contributed by atoms with Gasteiger partial charge in [-0.1, -0.05) is 34.8 Å². The Morgan fingerprint density at radius 3 is 2.31 bits per heavy atom. The summed E-state index contributed by atoms with van der Waals surface area (Å²) in [7, 11) is 0. The molecule has 0 bridgehead atoms. The minimum atomic E-state index is -0.643. The van der Waals surface area contributed by atoms with Gasteiger partial charge in [-0.25, -0.2) is 0 Å². The molecule has 0 saturated heterocycles. The van der Waals surface area contributed by atoms with Gasteiger partial charge in [-0.3, -0.25) is 14.4 Å². The van der Waals surface area contributed by atoms with Gasteiger partial charge in [0, 0.05) is 16.3 Å². The van der Waals surface area contributed by atoms with Crippen LogP contribution >= 0.6 is 46.1 Å². The van der Waals surface area contributed by atoms with E-state index >= 15 is 0 Å². The molecule has 0 fully saturated rings. The third-order valence-electron chi connectivity index (χ3n) is 3.21. The number of anilines is 1. The molecular formula is C17H14Cl3NO4S. The second kappa shape index (κ2) is 9.37. The number of ketones is 1. The molecule has 1 aromatic heterocycles. The van der Waals surface area contributed by atoms with Crippen LogP contribution in [0.3, 0.4) is 0 Å². The second-order valence-electron chi connectivity index (χ2n) is 5.29. The lowest BCUT2D eigenvalue weighted by molar-refractivity contribution is -0.147. The van der Waals surface area contributed by atoms with Crippen LogP contribution in [0.25, 0.3) is 0 Å². The lowest BCUT2D eigenvalue weighted by Gasteiger charge is -2.10. The maximum Gasteiger partial charge on any atom is 0.306 e. The lowest BCUT2D eigenvalue weighted by atomic mass is 10.2. The number of carbonyl (C=O) groups is 3. The van der Waals surface area contributed by atoms with Crippen LogP contribution in [0.2, 0.25) is 15.1 Å². The molecule has 0 spiro atoms. The molecule has 1 N–H and O–H groups in total. The minimum absolute atomic E-state index is 0.0231. The molecule has 0 radical (unpaired) electrons. The van der Waals surface area contributed by atoms with Crippen LogP contribution in [0.4, 0.5) is 5.69 Å². The zero-order chi connectivity index (χ0) is 19.3. The maximum atomic E-state index is 11.9. The van der Waals surface area contributed by atoms with Crippen LogP contribution in [0.1, 0.15) is 27.4 Å². The quantitative estimate of drug-likeness (QED) is 0.482. The van der Waals surface area contributed by atoms with Crippen molar-refractivity contribution in [2.45, 2.75) is 19.8 Å². The zero-order valence-electron chi connectivity index (χ0n) is 13.6. The first-order chi connectivity index (χ1) is 12.3. The van der Waals surface area contributed by atoms with Crippen LogP contribution in [-0.2, 0) is 14.3 Å². The van der Waals surface area contributed by atoms with Gasteiger partial charge in [0.1, 0.15) is 0 Å². The predicted octanol–water partition coefficient (Wildman–Crippen LogP) is 5.16. The van der Waals surface area contributed by atoms with E-state index in [4.69, 9.17) is 39.5 Å². The van der Waals surface area contributed by atoms with Gasteiger partial charge in [-0.2, -0.15) is 0 Å². The summed E-state index contributed by atoms with van der Waals surface area (Å²) in [5, 5.41) is 3.11. The topological polar surface area (TPSA) is 72.5 Å². The number of benzene rings is 1. The number of aryl methyl sites for hydroxylation is 1. The third-order valence-corrected chi connectivity index (χ3v) is 5.06. The number of amides is 1. The third kappa shape index (κ3) is 5.99. The van der Waals surface area contributed by atoms with E-state index in [0.717, 1.165) is 4.88 Å². The molecule has 0 aliphatic heterocycles. The maximum absolute atomic E-state index is 11.9. The van der Waals surface area contributed by atoms with Crippen LogP contribution in [0, 0.1) is 6.92 Å². The number of hydrogen-bond donors (Lipinski definition) is 1. The molecule has 138 valence electrons. The average Bonchev–Trinajstić information content (AvgIpc) is 3.00. The fourth-order valence-corrected chi connectivity index (χ4v) is 3.72. The minimum Gasteiger partial charge on any atom is -0.456 e. The van der Waals surface area contributed by atoms with Crippen molar-refractivity contribution in [2.24, 2.45) is 0 Å². The zero-order valence-corrected chi connectivity index (χ0v) is 16.7. The van der Waals surface area contributed by atoms with Crippen LogP contribution in [-0.4, -0.2) is 24.3 Å². The summed E-state index contributed by atoms with van der Waals surface area (Å²) < 4.78 is 4.86. The van der Waals surface area contributed by atoms with Crippen LogP contribution in [0.5, 0.6) is 0 Å². The molecule has 9 heteroatoms. The molecule has 0 aliphatic rings. The number of ether oxygens (including phenoxy) is 1. The highest BCUT2D eigenvalue weighted by atomic mass is 35.5. The van der Waals surface area contributed by atoms with Gasteiger partial charge in [-0.05, 0) is 31.2 Å². The Morgan fingerprint density at radius 1 is 1.08 bits per heavy atom. The monoisotopic (exact) mass is 433 g/mol. The Balaban J connectivity index is 1.78. The highest BCUT2D eigenvalue weighted by Gasteiger charge is 2.15. The van der Waals surface area contributed by atoms with Crippen molar-refractivity contribution in [3.05, 3.63) is 49.1 Å². The molecule has 1 aromatic carbocycles. The Labute approximate surface area is 169 Å². The highest BCUT2D eigenvalue weighted by molar-refractivity contribution is 7.14. The average molecular weight is 435 g/mol. The largest absolute Gasteiger partial charge is 0.456 e. The van der Waals surface area contributed by atoms with Gasteiger partial charge in [-0.15, -0.1) is 11.3 Å². The molecule has 0 unspecified atom stereocenters. The van der Waals surface area contributed by atoms with Crippen molar-refractivity contribution in [1.82, 2.24) is 0 Å². The van der Waals surface area contributed by atoms with Gasteiger partial charge in [0.2, 0.25) is 0 Å². The number of esters is 1.